The molecule has 0 aromatic carbocycles. The number of hydrogen-bond donors (Lipinski definition) is 2. The Hall–Kier alpha value is -1.52. The van der Waals surface area contributed by atoms with Gasteiger partial charge in [-0.15, -0.1) is 0 Å². The Labute approximate surface area is 118 Å². The van der Waals surface area contributed by atoms with E-state index in [4.69, 9.17) is 0 Å². The molecule has 1 aromatic rings. The Kier molecular flexibility index (Phi) is 3.44. The minimum absolute atomic E-state index is 0.0238. The highest BCUT2D eigenvalue weighted by molar-refractivity contribution is 5.93. The molecule has 1 atom stereocenters. The molecular formula is C15H23N3O2. The van der Waals surface area contributed by atoms with E-state index in [2.05, 4.69) is 10.4 Å². The first-order chi connectivity index (χ1) is 9.58. The summed E-state index contributed by atoms with van der Waals surface area (Å²) in [6.45, 7) is 4.01. The van der Waals surface area contributed by atoms with Gasteiger partial charge in [-0.05, 0) is 32.6 Å². The van der Waals surface area contributed by atoms with Crippen molar-refractivity contribution in [3.05, 3.63) is 15.9 Å². The van der Waals surface area contributed by atoms with E-state index < -0.39 is 0 Å². The average Bonchev–Trinajstić information content (AvgIpc) is 2.76. The van der Waals surface area contributed by atoms with Crippen LogP contribution in [0.25, 0.3) is 0 Å². The van der Waals surface area contributed by atoms with Crippen molar-refractivity contribution in [2.45, 2.75) is 64.3 Å². The Morgan fingerprint density at radius 1 is 1.15 bits per heavy atom. The lowest BCUT2D eigenvalue weighted by Crippen LogP contribution is -2.31. The van der Waals surface area contributed by atoms with Gasteiger partial charge in [0.15, 0.2) is 0 Å². The second kappa shape index (κ2) is 5.11. The van der Waals surface area contributed by atoms with E-state index in [9.17, 15) is 9.59 Å². The van der Waals surface area contributed by atoms with E-state index in [-0.39, 0.29) is 23.4 Å². The summed E-state index contributed by atoms with van der Waals surface area (Å²) in [5.41, 5.74) is 0.787. The molecule has 2 N–H and O–H groups in total. The zero-order valence-corrected chi connectivity index (χ0v) is 12.2. The van der Waals surface area contributed by atoms with E-state index in [0.717, 1.165) is 18.4 Å². The molecule has 0 unspecified atom stereocenters. The second-order valence-corrected chi connectivity index (χ2v) is 6.42. The van der Waals surface area contributed by atoms with E-state index in [1.807, 2.05) is 13.8 Å². The molecule has 1 aliphatic heterocycles. The average molecular weight is 277 g/mol. The van der Waals surface area contributed by atoms with Crippen LogP contribution < -0.4 is 10.9 Å². The van der Waals surface area contributed by atoms with Crippen molar-refractivity contribution < 1.29 is 4.79 Å². The van der Waals surface area contributed by atoms with Gasteiger partial charge in [-0.25, -0.2) is 0 Å². The molecule has 1 aromatic heterocycles. The molecule has 1 amide bonds. The molecule has 5 nitrogen and oxygen atoms in total. The number of carbonyl (C=O) groups excluding carboxylic acids is 1. The van der Waals surface area contributed by atoms with Gasteiger partial charge in [-0.1, -0.05) is 19.3 Å². The van der Waals surface area contributed by atoms with E-state index in [0.29, 0.717) is 18.2 Å². The minimum Gasteiger partial charge on any atom is -0.311 e. The highest BCUT2D eigenvalue weighted by atomic mass is 16.2. The Morgan fingerprint density at radius 3 is 2.50 bits per heavy atom. The third-order valence-electron chi connectivity index (χ3n) is 4.73. The summed E-state index contributed by atoms with van der Waals surface area (Å²) in [5, 5.41) is 5.78. The number of nitrogens with one attached hydrogen (secondary N) is 2. The highest BCUT2D eigenvalue weighted by Gasteiger charge is 2.36. The van der Waals surface area contributed by atoms with Gasteiger partial charge in [0.1, 0.15) is 5.82 Å². The van der Waals surface area contributed by atoms with Crippen LogP contribution in [-0.4, -0.2) is 15.7 Å². The summed E-state index contributed by atoms with van der Waals surface area (Å²) in [4.78, 5) is 24.3. The van der Waals surface area contributed by atoms with Crippen LogP contribution in [0.3, 0.4) is 0 Å². The van der Waals surface area contributed by atoms with Crippen molar-refractivity contribution in [2.24, 2.45) is 5.92 Å². The summed E-state index contributed by atoms with van der Waals surface area (Å²) in [7, 11) is 0. The first kappa shape index (κ1) is 13.5. The first-order valence-electron chi connectivity index (χ1n) is 7.72. The monoisotopic (exact) mass is 277 g/mol. The summed E-state index contributed by atoms with van der Waals surface area (Å²) < 4.78 is 1.80. The Bertz CT molecular complexity index is 564. The van der Waals surface area contributed by atoms with Crippen LogP contribution in [0.5, 0.6) is 0 Å². The fourth-order valence-corrected chi connectivity index (χ4v) is 3.75. The molecule has 110 valence electrons. The number of amides is 1. The van der Waals surface area contributed by atoms with Crippen LogP contribution >= 0.6 is 0 Å². The van der Waals surface area contributed by atoms with Crippen molar-refractivity contribution in [1.82, 2.24) is 9.78 Å². The molecule has 1 fully saturated rings. The van der Waals surface area contributed by atoms with Crippen LogP contribution in [0.1, 0.15) is 69.9 Å². The van der Waals surface area contributed by atoms with Gasteiger partial charge in [-0.2, -0.15) is 0 Å². The van der Waals surface area contributed by atoms with E-state index >= 15 is 0 Å². The fourth-order valence-electron chi connectivity index (χ4n) is 3.75. The predicted octanol–water partition coefficient (Wildman–Crippen LogP) is 2.76. The van der Waals surface area contributed by atoms with Crippen molar-refractivity contribution in [3.63, 3.8) is 0 Å². The molecule has 5 heteroatoms. The van der Waals surface area contributed by atoms with E-state index in [1.54, 1.807) is 4.68 Å². The molecule has 0 radical (unpaired) electrons. The lowest BCUT2D eigenvalue weighted by atomic mass is 9.74. The maximum absolute atomic E-state index is 12.3. The van der Waals surface area contributed by atoms with Crippen LogP contribution in [0, 0.1) is 5.92 Å². The molecule has 0 spiro atoms. The standard InChI is InChI=1S/C15H23N3O2/c1-9(2)18-14-13(15(20)17-18)11(8-12(19)16-14)10-6-4-3-5-7-10/h9-11H,3-8H2,1-2H3,(H,16,19)(H,17,20)/t11-/m1/s1. The van der Waals surface area contributed by atoms with Crippen LogP contribution in [-0.2, 0) is 4.79 Å². The Morgan fingerprint density at radius 2 is 1.85 bits per heavy atom. The van der Waals surface area contributed by atoms with Gasteiger partial charge in [0, 0.05) is 18.4 Å². The normalized spacial score (nSPS) is 23.8. The largest absolute Gasteiger partial charge is 0.311 e. The van der Waals surface area contributed by atoms with E-state index in [1.165, 1.54) is 19.3 Å². The summed E-state index contributed by atoms with van der Waals surface area (Å²) in [6, 6.07) is 0.136. The van der Waals surface area contributed by atoms with Gasteiger partial charge >= 0.3 is 0 Å². The number of fused-ring (bicyclic) bond motifs is 1. The molecule has 1 aliphatic carbocycles. The lowest BCUT2D eigenvalue weighted by Gasteiger charge is -2.32. The number of hydrogen-bond acceptors (Lipinski definition) is 2. The molecule has 2 aliphatic rings. The first-order valence-corrected chi connectivity index (χ1v) is 7.72. The maximum Gasteiger partial charge on any atom is 0.269 e. The van der Waals surface area contributed by atoms with Gasteiger partial charge in [-0.3, -0.25) is 19.4 Å². The third-order valence-corrected chi connectivity index (χ3v) is 4.73. The number of carbonyl (C=O) groups is 1. The molecule has 0 bridgehead atoms. The number of H-pyrrole nitrogens is 1. The summed E-state index contributed by atoms with van der Waals surface area (Å²) >= 11 is 0. The molecule has 20 heavy (non-hydrogen) atoms. The predicted molar refractivity (Wildman–Crippen MR) is 78.0 cm³/mol. The Balaban J connectivity index is 2.03. The molecular weight excluding hydrogens is 254 g/mol. The number of anilines is 1. The third kappa shape index (κ3) is 2.19. The van der Waals surface area contributed by atoms with Gasteiger partial charge < -0.3 is 5.32 Å². The zero-order chi connectivity index (χ0) is 14.3. The van der Waals surface area contributed by atoms with Crippen molar-refractivity contribution in [3.8, 4) is 0 Å². The minimum atomic E-state index is -0.0238. The summed E-state index contributed by atoms with van der Waals surface area (Å²) in [5.74, 6) is 1.33. The van der Waals surface area contributed by atoms with Crippen LogP contribution in [0.4, 0.5) is 5.82 Å². The molecule has 2 heterocycles. The van der Waals surface area contributed by atoms with Crippen LogP contribution in [0.2, 0.25) is 0 Å². The smallest absolute Gasteiger partial charge is 0.269 e. The number of nitrogens with zero attached hydrogens (tertiary/aromatic N) is 1. The number of rotatable bonds is 2. The second-order valence-electron chi connectivity index (χ2n) is 6.42. The summed E-state index contributed by atoms with van der Waals surface area (Å²) in [6.07, 6.45) is 6.48. The zero-order valence-electron chi connectivity index (χ0n) is 12.2. The maximum atomic E-state index is 12.3. The number of aromatic nitrogens is 2. The van der Waals surface area contributed by atoms with Crippen LogP contribution in [0.15, 0.2) is 4.79 Å². The molecule has 0 saturated heterocycles. The van der Waals surface area contributed by atoms with Crippen molar-refractivity contribution in [2.75, 3.05) is 5.32 Å². The lowest BCUT2D eigenvalue weighted by molar-refractivity contribution is -0.117. The van der Waals surface area contributed by atoms with Crippen molar-refractivity contribution >= 4 is 11.7 Å². The van der Waals surface area contributed by atoms with Gasteiger partial charge in [0.2, 0.25) is 5.91 Å². The quantitative estimate of drug-likeness (QED) is 0.873. The highest BCUT2D eigenvalue weighted by Crippen LogP contribution is 2.42. The van der Waals surface area contributed by atoms with Gasteiger partial charge in [0.05, 0.1) is 5.56 Å². The fraction of sp³-hybridized carbons (Fsp3) is 0.733. The van der Waals surface area contributed by atoms with Gasteiger partial charge in [0.25, 0.3) is 5.56 Å². The van der Waals surface area contributed by atoms with Crippen molar-refractivity contribution in [1.29, 1.82) is 0 Å². The number of aromatic amines is 1. The molecule has 1 saturated carbocycles. The SMILES string of the molecule is CC(C)n1[nH]c(=O)c2c1NC(=O)C[C@@H]2C1CCCCC1. The topological polar surface area (TPSA) is 66.9 Å². The molecule has 3 rings (SSSR count).